The van der Waals surface area contributed by atoms with E-state index in [1.165, 1.54) is 0 Å². The molecule has 0 aliphatic rings. The second-order valence-electron chi connectivity index (χ2n) is 6.29. The predicted octanol–water partition coefficient (Wildman–Crippen LogP) is 3.12. The van der Waals surface area contributed by atoms with Crippen LogP contribution in [0, 0.1) is 6.92 Å². The number of carbonyl (C=O) groups is 3. The first kappa shape index (κ1) is 19.8. The minimum atomic E-state index is -1.12. The molecule has 3 rings (SSSR count). The normalized spacial score (nSPS) is 10.2. The van der Waals surface area contributed by atoms with Crippen molar-refractivity contribution in [3.05, 3.63) is 83.7 Å². The van der Waals surface area contributed by atoms with Gasteiger partial charge in [0.25, 0.3) is 11.8 Å². The molecule has 1 heterocycles. The summed E-state index contributed by atoms with van der Waals surface area (Å²) < 4.78 is 0. The Labute approximate surface area is 167 Å². The van der Waals surface area contributed by atoms with Gasteiger partial charge in [-0.05, 0) is 48.4 Å². The third-order valence-electron chi connectivity index (χ3n) is 4.26. The SMILES string of the molecule is Cc1ncccc1NC(=O)c1cccc(-c2ccccc2C(=O)NCC(=O)O)c1. The van der Waals surface area contributed by atoms with Gasteiger partial charge in [-0.1, -0.05) is 30.3 Å². The Morgan fingerprint density at radius 1 is 0.966 bits per heavy atom. The lowest BCUT2D eigenvalue weighted by molar-refractivity contribution is -0.135. The minimum Gasteiger partial charge on any atom is -0.480 e. The zero-order valence-electron chi connectivity index (χ0n) is 15.7. The standard InChI is InChI=1S/C22H19N3O4/c1-14-19(10-5-11-23-14)25-21(28)16-7-4-6-15(12-16)17-8-2-3-9-18(17)22(29)24-13-20(26)27/h2-12H,13H2,1H3,(H,24,29)(H,25,28)(H,26,27). The summed E-state index contributed by atoms with van der Waals surface area (Å²) in [7, 11) is 0. The number of benzene rings is 2. The van der Waals surface area contributed by atoms with Gasteiger partial charge in [0.2, 0.25) is 0 Å². The van der Waals surface area contributed by atoms with Crippen LogP contribution in [-0.4, -0.2) is 34.4 Å². The second-order valence-corrected chi connectivity index (χ2v) is 6.29. The summed E-state index contributed by atoms with van der Waals surface area (Å²) in [5, 5.41) is 14.0. The number of pyridine rings is 1. The van der Waals surface area contributed by atoms with E-state index in [0.29, 0.717) is 33.6 Å². The highest BCUT2D eigenvalue weighted by Crippen LogP contribution is 2.25. The summed E-state index contributed by atoms with van der Waals surface area (Å²) in [5.74, 6) is -1.92. The van der Waals surface area contributed by atoms with Crippen LogP contribution < -0.4 is 10.6 Å². The van der Waals surface area contributed by atoms with Crippen LogP contribution in [0.1, 0.15) is 26.4 Å². The number of carboxylic acids is 1. The van der Waals surface area contributed by atoms with E-state index in [4.69, 9.17) is 5.11 Å². The van der Waals surface area contributed by atoms with Crippen molar-refractivity contribution in [3.63, 3.8) is 0 Å². The van der Waals surface area contributed by atoms with Crippen LogP contribution in [0.25, 0.3) is 11.1 Å². The van der Waals surface area contributed by atoms with Crippen molar-refractivity contribution in [3.8, 4) is 11.1 Å². The maximum absolute atomic E-state index is 12.7. The van der Waals surface area contributed by atoms with Crippen molar-refractivity contribution in [2.24, 2.45) is 0 Å². The Kier molecular flexibility index (Phi) is 5.99. The fourth-order valence-electron chi connectivity index (χ4n) is 2.82. The Morgan fingerprint density at radius 2 is 1.76 bits per heavy atom. The molecule has 0 aliphatic heterocycles. The van der Waals surface area contributed by atoms with Gasteiger partial charge in [0, 0.05) is 17.3 Å². The number of aryl methyl sites for hydroxylation is 1. The lowest BCUT2D eigenvalue weighted by Crippen LogP contribution is -2.29. The first-order valence-electron chi connectivity index (χ1n) is 8.88. The number of aliphatic carboxylic acids is 1. The van der Waals surface area contributed by atoms with Crippen molar-refractivity contribution < 1.29 is 19.5 Å². The Morgan fingerprint density at radius 3 is 2.52 bits per heavy atom. The summed E-state index contributed by atoms with van der Waals surface area (Å²) in [4.78, 5) is 39.9. The maximum Gasteiger partial charge on any atom is 0.322 e. The van der Waals surface area contributed by atoms with Crippen LogP contribution in [0.5, 0.6) is 0 Å². The molecule has 146 valence electrons. The van der Waals surface area contributed by atoms with Gasteiger partial charge in [0.15, 0.2) is 0 Å². The predicted molar refractivity (Wildman–Crippen MR) is 109 cm³/mol. The summed E-state index contributed by atoms with van der Waals surface area (Å²) in [6.07, 6.45) is 1.65. The molecule has 0 spiro atoms. The zero-order valence-corrected chi connectivity index (χ0v) is 15.7. The van der Waals surface area contributed by atoms with E-state index in [-0.39, 0.29) is 5.91 Å². The molecule has 2 amide bonds. The van der Waals surface area contributed by atoms with Gasteiger partial charge in [-0.2, -0.15) is 0 Å². The quantitative estimate of drug-likeness (QED) is 0.600. The first-order valence-corrected chi connectivity index (χ1v) is 8.88. The molecule has 0 saturated heterocycles. The van der Waals surface area contributed by atoms with Gasteiger partial charge in [0.05, 0.1) is 11.4 Å². The fraction of sp³-hybridized carbons (Fsp3) is 0.0909. The van der Waals surface area contributed by atoms with Gasteiger partial charge < -0.3 is 15.7 Å². The number of carboxylic acid groups (broad SMARTS) is 1. The average Bonchev–Trinajstić information content (AvgIpc) is 2.73. The Hall–Kier alpha value is -4.00. The van der Waals surface area contributed by atoms with Gasteiger partial charge in [-0.3, -0.25) is 19.4 Å². The van der Waals surface area contributed by atoms with Crippen LogP contribution in [0.3, 0.4) is 0 Å². The molecular formula is C22H19N3O4. The molecule has 2 aromatic carbocycles. The van der Waals surface area contributed by atoms with E-state index in [1.807, 2.05) is 0 Å². The highest BCUT2D eigenvalue weighted by molar-refractivity contribution is 6.06. The van der Waals surface area contributed by atoms with Crippen molar-refractivity contribution >= 4 is 23.5 Å². The highest BCUT2D eigenvalue weighted by atomic mass is 16.4. The number of nitrogens with zero attached hydrogens (tertiary/aromatic N) is 1. The van der Waals surface area contributed by atoms with Crippen LogP contribution >= 0.6 is 0 Å². The van der Waals surface area contributed by atoms with E-state index in [0.717, 1.165) is 0 Å². The molecule has 0 bridgehead atoms. The van der Waals surface area contributed by atoms with Gasteiger partial charge >= 0.3 is 5.97 Å². The number of amides is 2. The monoisotopic (exact) mass is 389 g/mol. The smallest absolute Gasteiger partial charge is 0.322 e. The average molecular weight is 389 g/mol. The molecule has 3 N–H and O–H groups in total. The van der Waals surface area contributed by atoms with Crippen LogP contribution in [0.4, 0.5) is 5.69 Å². The van der Waals surface area contributed by atoms with E-state index in [9.17, 15) is 14.4 Å². The molecule has 0 atom stereocenters. The number of aromatic nitrogens is 1. The van der Waals surface area contributed by atoms with Crippen molar-refractivity contribution in [1.82, 2.24) is 10.3 Å². The van der Waals surface area contributed by atoms with E-state index >= 15 is 0 Å². The Bertz CT molecular complexity index is 1080. The van der Waals surface area contributed by atoms with Gasteiger partial charge in [-0.15, -0.1) is 0 Å². The van der Waals surface area contributed by atoms with Gasteiger partial charge in [0.1, 0.15) is 6.54 Å². The molecule has 1 aromatic heterocycles. The lowest BCUT2D eigenvalue weighted by atomic mass is 9.97. The van der Waals surface area contributed by atoms with Crippen molar-refractivity contribution in [2.75, 3.05) is 11.9 Å². The largest absolute Gasteiger partial charge is 0.480 e. The minimum absolute atomic E-state index is 0.296. The first-order chi connectivity index (χ1) is 14.0. The molecule has 7 nitrogen and oxygen atoms in total. The number of anilines is 1. The summed E-state index contributed by atoms with van der Waals surface area (Å²) in [5.41, 5.74) is 3.35. The summed E-state index contributed by atoms with van der Waals surface area (Å²) >= 11 is 0. The van der Waals surface area contributed by atoms with Crippen molar-refractivity contribution in [2.45, 2.75) is 6.92 Å². The van der Waals surface area contributed by atoms with Crippen LogP contribution in [-0.2, 0) is 4.79 Å². The molecule has 0 fully saturated rings. The van der Waals surface area contributed by atoms with Gasteiger partial charge in [-0.25, -0.2) is 0 Å². The number of nitrogens with one attached hydrogen (secondary N) is 2. The number of hydrogen-bond acceptors (Lipinski definition) is 4. The fourth-order valence-corrected chi connectivity index (χ4v) is 2.82. The molecule has 29 heavy (non-hydrogen) atoms. The molecule has 0 unspecified atom stereocenters. The Balaban J connectivity index is 1.88. The summed E-state index contributed by atoms with van der Waals surface area (Å²) in [6.45, 7) is 1.33. The molecule has 0 aliphatic carbocycles. The van der Waals surface area contributed by atoms with Crippen molar-refractivity contribution in [1.29, 1.82) is 0 Å². The third-order valence-corrected chi connectivity index (χ3v) is 4.26. The van der Waals surface area contributed by atoms with E-state index in [1.54, 1.807) is 73.8 Å². The second kappa shape index (κ2) is 8.79. The van der Waals surface area contributed by atoms with Crippen LogP contribution in [0.15, 0.2) is 66.9 Å². The molecule has 0 saturated carbocycles. The summed E-state index contributed by atoms with van der Waals surface area (Å²) in [6, 6.07) is 17.2. The van der Waals surface area contributed by atoms with E-state index in [2.05, 4.69) is 15.6 Å². The molecular weight excluding hydrogens is 370 g/mol. The maximum atomic E-state index is 12.7. The molecule has 3 aromatic rings. The number of rotatable bonds is 6. The number of carbonyl (C=O) groups excluding carboxylic acids is 2. The van der Waals surface area contributed by atoms with E-state index < -0.39 is 18.4 Å². The number of hydrogen-bond donors (Lipinski definition) is 3. The third kappa shape index (κ3) is 4.84. The zero-order chi connectivity index (χ0) is 20.8. The highest BCUT2D eigenvalue weighted by Gasteiger charge is 2.15. The van der Waals surface area contributed by atoms with Crippen LogP contribution in [0.2, 0.25) is 0 Å². The molecule has 0 radical (unpaired) electrons. The molecule has 7 heteroatoms. The lowest BCUT2D eigenvalue weighted by Gasteiger charge is -2.11. The topological polar surface area (TPSA) is 108 Å².